The van der Waals surface area contributed by atoms with E-state index in [1.54, 1.807) is 24.3 Å². The Balaban J connectivity index is 1.38. The lowest BCUT2D eigenvalue weighted by Gasteiger charge is -2.08. The van der Waals surface area contributed by atoms with Crippen LogP contribution in [0, 0.1) is 6.92 Å². The standard InChI is InChI=1S/C22H27N3O4S/c1-3-28-19-12-14-20(15-13-19)30(26,27)23-16-6-4-5-7-21-24-22(25-29-21)18-10-8-17(2)9-11-18/h8-15,23H,3-7,16H2,1-2H3. The molecule has 0 unspecified atom stereocenters. The van der Waals surface area contributed by atoms with Gasteiger partial charge in [-0.15, -0.1) is 0 Å². The summed E-state index contributed by atoms with van der Waals surface area (Å²) >= 11 is 0. The van der Waals surface area contributed by atoms with Crippen LogP contribution in [0.5, 0.6) is 5.75 Å². The average molecular weight is 430 g/mol. The normalized spacial score (nSPS) is 11.5. The fourth-order valence-corrected chi connectivity index (χ4v) is 4.00. The average Bonchev–Trinajstić information content (AvgIpc) is 3.21. The summed E-state index contributed by atoms with van der Waals surface area (Å²) in [4.78, 5) is 4.66. The summed E-state index contributed by atoms with van der Waals surface area (Å²) in [5.74, 6) is 1.84. The molecule has 0 fully saturated rings. The zero-order valence-corrected chi connectivity index (χ0v) is 18.1. The molecule has 1 N–H and O–H groups in total. The Kier molecular flexibility index (Phi) is 7.59. The van der Waals surface area contributed by atoms with Crippen LogP contribution in [0.25, 0.3) is 11.4 Å². The van der Waals surface area contributed by atoms with Crippen LogP contribution in [0.15, 0.2) is 57.9 Å². The number of unbranched alkanes of at least 4 members (excludes halogenated alkanes) is 2. The first-order valence-corrected chi connectivity index (χ1v) is 11.6. The van der Waals surface area contributed by atoms with E-state index in [9.17, 15) is 8.42 Å². The van der Waals surface area contributed by atoms with E-state index in [2.05, 4.69) is 14.9 Å². The second kappa shape index (κ2) is 10.4. The molecule has 0 radical (unpaired) electrons. The predicted octanol–water partition coefficient (Wildman–Crippen LogP) is 4.14. The highest BCUT2D eigenvalue weighted by Gasteiger charge is 2.13. The molecule has 8 heteroatoms. The van der Waals surface area contributed by atoms with Gasteiger partial charge in [0.05, 0.1) is 11.5 Å². The third-order valence-electron chi connectivity index (χ3n) is 4.58. The van der Waals surface area contributed by atoms with Gasteiger partial charge in [0.15, 0.2) is 0 Å². The molecule has 1 aromatic heterocycles. The van der Waals surface area contributed by atoms with Crippen molar-refractivity contribution >= 4 is 10.0 Å². The number of ether oxygens (including phenoxy) is 1. The molecule has 0 bridgehead atoms. The molecule has 0 aliphatic carbocycles. The Morgan fingerprint density at radius 3 is 2.43 bits per heavy atom. The van der Waals surface area contributed by atoms with Crippen LogP contribution < -0.4 is 9.46 Å². The van der Waals surface area contributed by atoms with Crippen LogP contribution in [0.3, 0.4) is 0 Å². The Hall–Kier alpha value is -2.71. The second-order valence-electron chi connectivity index (χ2n) is 6.99. The highest BCUT2D eigenvalue weighted by atomic mass is 32.2. The van der Waals surface area contributed by atoms with Gasteiger partial charge < -0.3 is 9.26 Å². The summed E-state index contributed by atoms with van der Waals surface area (Å²) in [6, 6.07) is 14.4. The molecule has 0 saturated heterocycles. The molecule has 30 heavy (non-hydrogen) atoms. The van der Waals surface area contributed by atoms with Crippen molar-refractivity contribution in [3.05, 3.63) is 60.0 Å². The summed E-state index contributed by atoms with van der Waals surface area (Å²) in [5, 5.41) is 4.03. The molecule has 3 aromatic rings. The molecule has 0 saturated carbocycles. The monoisotopic (exact) mass is 429 g/mol. The van der Waals surface area contributed by atoms with E-state index in [0.29, 0.717) is 37.0 Å². The summed E-state index contributed by atoms with van der Waals surface area (Å²) in [5.41, 5.74) is 2.11. The predicted molar refractivity (Wildman–Crippen MR) is 115 cm³/mol. The number of aryl methyl sites for hydroxylation is 2. The van der Waals surface area contributed by atoms with Crippen LogP contribution in [-0.4, -0.2) is 31.7 Å². The van der Waals surface area contributed by atoms with Gasteiger partial charge in [-0.1, -0.05) is 41.4 Å². The lowest BCUT2D eigenvalue weighted by Crippen LogP contribution is -2.24. The van der Waals surface area contributed by atoms with E-state index in [4.69, 9.17) is 9.26 Å². The minimum Gasteiger partial charge on any atom is -0.494 e. The summed E-state index contributed by atoms with van der Waals surface area (Å²) < 4.78 is 37.9. The Labute approximate surface area is 177 Å². The highest BCUT2D eigenvalue weighted by Crippen LogP contribution is 2.18. The first-order valence-electron chi connectivity index (χ1n) is 10.1. The smallest absolute Gasteiger partial charge is 0.240 e. The Morgan fingerprint density at radius 1 is 1.00 bits per heavy atom. The van der Waals surface area contributed by atoms with Crippen LogP contribution >= 0.6 is 0 Å². The van der Waals surface area contributed by atoms with Gasteiger partial charge in [0.25, 0.3) is 0 Å². The largest absolute Gasteiger partial charge is 0.494 e. The first kappa shape index (κ1) is 22.0. The van der Waals surface area contributed by atoms with Crippen molar-refractivity contribution in [2.75, 3.05) is 13.2 Å². The lowest BCUT2D eigenvalue weighted by molar-refractivity contribution is 0.340. The Bertz CT molecular complexity index is 1030. The maximum Gasteiger partial charge on any atom is 0.240 e. The van der Waals surface area contributed by atoms with Crippen LogP contribution in [0.2, 0.25) is 0 Å². The van der Waals surface area contributed by atoms with Gasteiger partial charge in [0.2, 0.25) is 21.7 Å². The van der Waals surface area contributed by atoms with Crippen molar-refractivity contribution < 1.29 is 17.7 Å². The maximum atomic E-state index is 12.3. The van der Waals surface area contributed by atoms with Crippen molar-refractivity contribution in [2.24, 2.45) is 0 Å². The van der Waals surface area contributed by atoms with Crippen molar-refractivity contribution in [1.29, 1.82) is 0 Å². The number of nitrogens with zero attached hydrogens (tertiary/aromatic N) is 2. The molecule has 160 valence electrons. The molecular weight excluding hydrogens is 402 g/mol. The van der Waals surface area contributed by atoms with E-state index < -0.39 is 10.0 Å². The fraction of sp³-hybridized carbons (Fsp3) is 0.364. The van der Waals surface area contributed by atoms with Crippen LogP contribution in [0.1, 0.15) is 37.6 Å². The van der Waals surface area contributed by atoms with Crippen molar-refractivity contribution in [3.8, 4) is 17.1 Å². The zero-order valence-electron chi connectivity index (χ0n) is 17.3. The number of hydrogen-bond acceptors (Lipinski definition) is 6. The zero-order chi connectivity index (χ0) is 21.4. The van der Waals surface area contributed by atoms with Gasteiger partial charge in [0, 0.05) is 18.5 Å². The second-order valence-corrected chi connectivity index (χ2v) is 8.76. The van der Waals surface area contributed by atoms with Crippen molar-refractivity contribution in [3.63, 3.8) is 0 Å². The van der Waals surface area contributed by atoms with E-state index >= 15 is 0 Å². The van der Waals surface area contributed by atoms with Gasteiger partial charge in [0.1, 0.15) is 5.75 Å². The summed E-state index contributed by atoms with van der Waals surface area (Å²) in [7, 11) is -3.51. The minimum atomic E-state index is -3.51. The quantitative estimate of drug-likeness (QED) is 0.461. The molecule has 0 amide bonds. The van der Waals surface area contributed by atoms with Crippen molar-refractivity contribution in [2.45, 2.75) is 44.4 Å². The summed E-state index contributed by atoms with van der Waals surface area (Å²) in [6.45, 7) is 4.84. The van der Waals surface area contributed by atoms with E-state index in [0.717, 1.165) is 24.8 Å². The topological polar surface area (TPSA) is 94.3 Å². The molecule has 3 rings (SSSR count). The number of sulfonamides is 1. The molecule has 2 aromatic carbocycles. The fourth-order valence-electron chi connectivity index (χ4n) is 2.93. The van der Waals surface area contributed by atoms with Gasteiger partial charge in [-0.3, -0.25) is 0 Å². The van der Waals surface area contributed by atoms with Crippen molar-refractivity contribution in [1.82, 2.24) is 14.9 Å². The van der Waals surface area contributed by atoms with E-state index in [1.807, 2.05) is 38.1 Å². The lowest BCUT2D eigenvalue weighted by atomic mass is 10.1. The van der Waals surface area contributed by atoms with Crippen LogP contribution in [0.4, 0.5) is 0 Å². The highest BCUT2D eigenvalue weighted by molar-refractivity contribution is 7.89. The molecular formula is C22H27N3O4S. The molecule has 7 nitrogen and oxygen atoms in total. The third-order valence-corrected chi connectivity index (χ3v) is 6.06. The molecule has 0 atom stereocenters. The number of aromatic nitrogens is 2. The van der Waals surface area contributed by atoms with Crippen LogP contribution in [-0.2, 0) is 16.4 Å². The first-order chi connectivity index (χ1) is 14.5. The minimum absolute atomic E-state index is 0.237. The molecule has 0 aliphatic rings. The van der Waals surface area contributed by atoms with Gasteiger partial charge in [-0.05, 0) is 51.0 Å². The summed E-state index contributed by atoms with van der Waals surface area (Å²) in [6.07, 6.45) is 3.11. The maximum absolute atomic E-state index is 12.3. The Morgan fingerprint density at radius 2 is 1.73 bits per heavy atom. The van der Waals surface area contributed by atoms with E-state index in [1.165, 1.54) is 5.56 Å². The number of hydrogen-bond donors (Lipinski definition) is 1. The number of benzene rings is 2. The van der Waals surface area contributed by atoms with Gasteiger partial charge in [-0.25, -0.2) is 13.1 Å². The molecule has 0 spiro atoms. The van der Waals surface area contributed by atoms with Gasteiger partial charge >= 0.3 is 0 Å². The number of rotatable bonds is 11. The molecule has 0 aliphatic heterocycles. The van der Waals surface area contributed by atoms with Gasteiger partial charge in [-0.2, -0.15) is 4.98 Å². The number of nitrogens with one attached hydrogen (secondary N) is 1. The molecule has 1 heterocycles. The third kappa shape index (κ3) is 6.14. The SMILES string of the molecule is CCOc1ccc(S(=O)(=O)NCCCCCc2nc(-c3ccc(C)cc3)no2)cc1. The van der Waals surface area contributed by atoms with E-state index in [-0.39, 0.29) is 4.90 Å².